The predicted molar refractivity (Wildman–Crippen MR) is 90.3 cm³/mol. The van der Waals surface area contributed by atoms with Crippen LogP contribution in [0.4, 0.5) is 10.2 Å². The summed E-state index contributed by atoms with van der Waals surface area (Å²) in [5.74, 6) is -0.503. The highest BCUT2D eigenvalue weighted by molar-refractivity contribution is 5.78. The van der Waals surface area contributed by atoms with Gasteiger partial charge in [-0.1, -0.05) is 6.07 Å². The number of benzene rings is 1. The molecule has 7 heteroatoms. The lowest BCUT2D eigenvalue weighted by atomic mass is 9.91. The molecule has 0 atom stereocenters. The van der Waals surface area contributed by atoms with E-state index in [4.69, 9.17) is 4.74 Å². The van der Waals surface area contributed by atoms with Gasteiger partial charge < -0.3 is 14.7 Å². The number of anilines is 1. The Labute approximate surface area is 145 Å². The van der Waals surface area contributed by atoms with Gasteiger partial charge in [0.2, 0.25) is 5.60 Å². The monoisotopic (exact) mass is 345 g/mol. The van der Waals surface area contributed by atoms with Crippen molar-refractivity contribution in [2.75, 3.05) is 18.0 Å². The zero-order valence-corrected chi connectivity index (χ0v) is 14.2. The molecule has 6 nitrogen and oxygen atoms in total. The van der Waals surface area contributed by atoms with Gasteiger partial charge in [0.05, 0.1) is 11.4 Å². The normalized spacial score (nSPS) is 16.5. The first kappa shape index (κ1) is 17.1. The Morgan fingerprint density at radius 1 is 1.32 bits per heavy atom. The van der Waals surface area contributed by atoms with Crippen LogP contribution in [0.5, 0.6) is 5.75 Å². The molecule has 1 aromatic heterocycles. The molecule has 0 amide bonds. The Morgan fingerprint density at radius 2 is 2.04 bits per heavy atom. The van der Waals surface area contributed by atoms with E-state index in [2.05, 4.69) is 9.97 Å². The lowest BCUT2D eigenvalue weighted by molar-refractivity contribution is -0.157. The third-order valence-electron chi connectivity index (χ3n) is 4.42. The molecule has 0 radical (unpaired) electrons. The molecule has 3 rings (SSSR count). The minimum Gasteiger partial charge on any atom is -0.478 e. The Morgan fingerprint density at radius 3 is 2.68 bits per heavy atom. The van der Waals surface area contributed by atoms with Gasteiger partial charge in [-0.15, -0.1) is 0 Å². The molecule has 1 fully saturated rings. The maximum Gasteiger partial charge on any atom is 0.348 e. The molecule has 1 aliphatic rings. The minimum absolute atomic E-state index is 0.224. The Balaban J connectivity index is 1.79. The van der Waals surface area contributed by atoms with Gasteiger partial charge in [0.1, 0.15) is 17.4 Å². The van der Waals surface area contributed by atoms with Crippen molar-refractivity contribution in [3.05, 3.63) is 47.7 Å². The zero-order valence-electron chi connectivity index (χ0n) is 14.2. The first-order valence-electron chi connectivity index (χ1n) is 8.13. The van der Waals surface area contributed by atoms with Crippen LogP contribution in [0.25, 0.3) is 0 Å². The van der Waals surface area contributed by atoms with Gasteiger partial charge in [0, 0.05) is 38.2 Å². The van der Waals surface area contributed by atoms with E-state index in [1.165, 1.54) is 18.2 Å². The summed E-state index contributed by atoms with van der Waals surface area (Å²) in [6, 6.07) is 5.56. The van der Waals surface area contributed by atoms with Crippen LogP contribution in [-0.2, 0) is 4.79 Å². The zero-order chi connectivity index (χ0) is 18.0. The molecule has 2 aromatic rings. The van der Waals surface area contributed by atoms with Crippen LogP contribution in [0.15, 0.2) is 30.5 Å². The van der Waals surface area contributed by atoms with E-state index in [0.29, 0.717) is 13.1 Å². The third-order valence-corrected chi connectivity index (χ3v) is 4.42. The summed E-state index contributed by atoms with van der Waals surface area (Å²) < 4.78 is 19.1. The van der Waals surface area contributed by atoms with Crippen molar-refractivity contribution >= 4 is 11.8 Å². The second-order valence-electron chi connectivity index (χ2n) is 6.27. The topological polar surface area (TPSA) is 75.6 Å². The number of aliphatic carboxylic acids is 1. The molecule has 0 spiro atoms. The largest absolute Gasteiger partial charge is 0.478 e. The average molecular weight is 345 g/mol. The average Bonchev–Trinajstić information content (AvgIpc) is 2.58. The van der Waals surface area contributed by atoms with Crippen molar-refractivity contribution < 1.29 is 19.0 Å². The molecule has 1 aliphatic heterocycles. The first-order valence-corrected chi connectivity index (χ1v) is 8.13. The summed E-state index contributed by atoms with van der Waals surface area (Å²) in [6.07, 6.45) is 2.25. The number of ether oxygens (including phenoxy) is 1. The predicted octanol–water partition coefficient (Wildman–Crippen LogP) is 2.74. The van der Waals surface area contributed by atoms with Crippen LogP contribution >= 0.6 is 0 Å². The van der Waals surface area contributed by atoms with Gasteiger partial charge in [-0.05, 0) is 26.0 Å². The van der Waals surface area contributed by atoms with E-state index in [0.717, 1.165) is 17.2 Å². The van der Waals surface area contributed by atoms with Crippen LogP contribution in [0, 0.1) is 19.7 Å². The molecule has 0 saturated carbocycles. The molecular formula is C18H20FN3O3. The van der Waals surface area contributed by atoms with Crippen molar-refractivity contribution in [3.63, 3.8) is 0 Å². The van der Waals surface area contributed by atoms with Gasteiger partial charge in [0.25, 0.3) is 0 Å². The molecule has 0 unspecified atom stereocenters. The molecule has 25 heavy (non-hydrogen) atoms. The number of halogens is 1. The Hall–Kier alpha value is -2.70. The van der Waals surface area contributed by atoms with Crippen LogP contribution < -0.4 is 9.64 Å². The van der Waals surface area contributed by atoms with Crippen LogP contribution in [0.2, 0.25) is 0 Å². The smallest absolute Gasteiger partial charge is 0.348 e. The number of rotatable bonds is 4. The number of carboxylic acid groups (broad SMARTS) is 1. The number of aromatic nitrogens is 2. The molecule has 1 N–H and O–H groups in total. The number of carbonyl (C=O) groups is 1. The number of hydrogen-bond donors (Lipinski definition) is 1. The van der Waals surface area contributed by atoms with Gasteiger partial charge in [-0.2, -0.15) is 0 Å². The van der Waals surface area contributed by atoms with Gasteiger partial charge in [0.15, 0.2) is 0 Å². The molecule has 0 bridgehead atoms. The Kier molecular flexibility index (Phi) is 4.57. The number of carboxylic acids is 1. The number of nitrogens with zero attached hydrogens (tertiary/aromatic N) is 3. The van der Waals surface area contributed by atoms with Crippen molar-refractivity contribution in [1.82, 2.24) is 9.97 Å². The standard InChI is InChI=1S/C18H20FN3O3/c1-12-11-20-13(2)16(21-12)22-8-6-18(7-9-22,17(23)24)25-15-5-3-4-14(19)10-15/h3-5,10-11H,6-9H2,1-2H3,(H,23,24). The summed E-state index contributed by atoms with van der Waals surface area (Å²) >= 11 is 0. The highest BCUT2D eigenvalue weighted by Crippen LogP contribution is 2.31. The maximum absolute atomic E-state index is 13.4. The van der Waals surface area contributed by atoms with E-state index in [-0.39, 0.29) is 18.6 Å². The first-order chi connectivity index (χ1) is 11.9. The van der Waals surface area contributed by atoms with E-state index in [1.54, 1.807) is 12.3 Å². The van der Waals surface area contributed by atoms with E-state index < -0.39 is 17.4 Å². The van der Waals surface area contributed by atoms with E-state index >= 15 is 0 Å². The SMILES string of the molecule is Cc1cnc(C)c(N2CCC(Oc3cccc(F)c3)(C(=O)O)CC2)n1. The second kappa shape index (κ2) is 6.66. The molecule has 1 aromatic carbocycles. The summed E-state index contributed by atoms with van der Waals surface area (Å²) in [6.45, 7) is 4.69. The van der Waals surface area contributed by atoms with Crippen LogP contribution in [-0.4, -0.2) is 39.7 Å². The van der Waals surface area contributed by atoms with Crippen molar-refractivity contribution in [1.29, 1.82) is 0 Å². The van der Waals surface area contributed by atoms with Gasteiger partial charge in [-0.3, -0.25) is 4.98 Å². The van der Waals surface area contributed by atoms with Gasteiger partial charge >= 0.3 is 5.97 Å². The molecule has 0 aliphatic carbocycles. The minimum atomic E-state index is -1.37. The molecule has 2 heterocycles. The number of aryl methyl sites for hydroxylation is 2. The summed E-state index contributed by atoms with van der Waals surface area (Å²) in [4.78, 5) is 22.7. The quantitative estimate of drug-likeness (QED) is 0.918. The summed E-state index contributed by atoms with van der Waals surface area (Å²) in [5, 5.41) is 9.71. The highest BCUT2D eigenvalue weighted by Gasteiger charge is 2.44. The maximum atomic E-state index is 13.4. The Bertz CT molecular complexity index is 789. The highest BCUT2D eigenvalue weighted by atomic mass is 19.1. The van der Waals surface area contributed by atoms with Crippen LogP contribution in [0.1, 0.15) is 24.2 Å². The van der Waals surface area contributed by atoms with Crippen molar-refractivity contribution in [2.45, 2.75) is 32.3 Å². The number of hydrogen-bond acceptors (Lipinski definition) is 5. The second-order valence-corrected chi connectivity index (χ2v) is 6.27. The molecular weight excluding hydrogens is 325 g/mol. The molecule has 1 saturated heterocycles. The number of piperidine rings is 1. The van der Waals surface area contributed by atoms with E-state index in [1.807, 2.05) is 18.7 Å². The fraction of sp³-hybridized carbons (Fsp3) is 0.389. The summed E-state index contributed by atoms with van der Waals surface area (Å²) in [7, 11) is 0. The lowest BCUT2D eigenvalue weighted by Gasteiger charge is -2.39. The molecule has 132 valence electrons. The fourth-order valence-corrected chi connectivity index (χ4v) is 3.02. The van der Waals surface area contributed by atoms with Crippen LogP contribution in [0.3, 0.4) is 0 Å². The van der Waals surface area contributed by atoms with Gasteiger partial charge in [-0.25, -0.2) is 14.2 Å². The van der Waals surface area contributed by atoms with E-state index in [9.17, 15) is 14.3 Å². The summed E-state index contributed by atoms with van der Waals surface area (Å²) in [5.41, 5.74) is 0.251. The lowest BCUT2D eigenvalue weighted by Crippen LogP contribution is -2.53. The van der Waals surface area contributed by atoms with Crippen molar-refractivity contribution in [3.8, 4) is 5.75 Å². The van der Waals surface area contributed by atoms with Crippen molar-refractivity contribution in [2.24, 2.45) is 0 Å². The fourth-order valence-electron chi connectivity index (χ4n) is 3.02. The third kappa shape index (κ3) is 3.55.